The summed E-state index contributed by atoms with van der Waals surface area (Å²) >= 11 is 3.41. The SMILES string of the molecule is COCc1noc(CN(C)c2ccc(Br)cc2)n1. The van der Waals surface area contributed by atoms with Gasteiger partial charge in [-0.2, -0.15) is 4.98 Å². The van der Waals surface area contributed by atoms with Crippen LogP contribution in [0.1, 0.15) is 11.7 Å². The van der Waals surface area contributed by atoms with E-state index < -0.39 is 0 Å². The normalized spacial score (nSPS) is 10.6. The molecule has 18 heavy (non-hydrogen) atoms. The Hall–Kier alpha value is -1.40. The number of ether oxygens (including phenoxy) is 1. The Morgan fingerprint density at radius 2 is 2.06 bits per heavy atom. The standard InChI is InChI=1S/C12H14BrN3O2/c1-16(10-5-3-9(13)4-6-10)7-12-14-11(8-17-2)15-18-12/h3-6H,7-8H2,1-2H3. The van der Waals surface area contributed by atoms with Crippen molar-refractivity contribution in [3.63, 3.8) is 0 Å². The van der Waals surface area contributed by atoms with Crippen LogP contribution in [-0.2, 0) is 17.9 Å². The van der Waals surface area contributed by atoms with E-state index in [2.05, 4.69) is 26.1 Å². The summed E-state index contributed by atoms with van der Waals surface area (Å²) in [4.78, 5) is 6.27. The van der Waals surface area contributed by atoms with Gasteiger partial charge in [-0.15, -0.1) is 0 Å². The molecule has 96 valence electrons. The fraction of sp³-hybridized carbons (Fsp3) is 0.333. The molecule has 0 aliphatic carbocycles. The fourth-order valence-electron chi connectivity index (χ4n) is 1.53. The molecule has 0 fully saturated rings. The molecule has 0 aliphatic rings. The van der Waals surface area contributed by atoms with E-state index in [4.69, 9.17) is 9.26 Å². The van der Waals surface area contributed by atoms with Gasteiger partial charge in [0.15, 0.2) is 5.82 Å². The third kappa shape index (κ3) is 3.30. The van der Waals surface area contributed by atoms with Crippen molar-refractivity contribution in [1.82, 2.24) is 10.1 Å². The molecule has 0 spiro atoms. The van der Waals surface area contributed by atoms with Crippen LogP contribution in [0.3, 0.4) is 0 Å². The summed E-state index contributed by atoms with van der Waals surface area (Å²) in [6.07, 6.45) is 0. The minimum atomic E-state index is 0.367. The fourth-order valence-corrected chi connectivity index (χ4v) is 1.80. The van der Waals surface area contributed by atoms with Gasteiger partial charge in [-0.3, -0.25) is 0 Å². The Balaban J connectivity index is 2.01. The maximum absolute atomic E-state index is 5.14. The maximum Gasteiger partial charge on any atom is 0.246 e. The highest BCUT2D eigenvalue weighted by atomic mass is 79.9. The van der Waals surface area contributed by atoms with Crippen molar-refractivity contribution >= 4 is 21.6 Å². The Kier molecular flexibility index (Phi) is 4.33. The summed E-state index contributed by atoms with van der Waals surface area (Å²) in [6, 6.07) is 8.04. The molecular formula is C12H14BrN3O2. The van der Waals surface area contributed by atoms with E-state index in [1.54, 1.807) is 7.11 Å². The first-order valence-electron chi connectivity index (χ1n) is 5.46. The minimum Gasteiger partial charge on any atom is -0.377 e. The number of aromatic nitrogens is 2. The molecule has 0 aliphatic heterocycles. The second-order valence-corrected chi connectivity index (χ2v) is 4.79. The monoisotopic (exact) mass is 311 g/mol. The van der Waals surface area contributed by atoms with Gasteiger partial charge in [-0.25, -0.2) is 0 Å². The highest BCUT2D eigenvalue weighted by Crippen LogP contribution is 2.18. The number of hydrogen-bond acceptors (Lipinski definition) is 5. The summed E-state index contributed by atoms with van der Waals surface area (Å²) in [5.74, 6) is 1.14. The highest BCUT2D eigenvalue weighted by molar-refractivity contribution is 9.10. The van der Waals surface area contributed by atoms with Crippen LogP contribution < -0.4 is 4.90 Å². The first kappa shape index (κ1) is 13.0. The van der Waals surface area contributed by atoms with Crippen molar-refractivity contribution in [1.29, 1.82) is 0 Å². The maximum atomic E-state index is 5.14. The molecule has 1 aromatic carbocycles. The second-order valence-electron chi connectivity index (χ2n) is 3.87. The molecule has 0 N–H and O–H groups in total. The van der Waals surface area contributed by atoms with Crippen molar-refractivity contribution in [3.05, 3.63) is 40.5 Å². The van der Waals surface area contributed by atoms with E-state index in [0.29, 0.717) is 24.9 Å². The number of anilines is 1. The predicted molar refractivity (Wildman–Crippen MR) is 71.3 cm³/mol. The first-order chi connectivity index (χ1) is 8.69. The Bertz CT molecular complexity index is 498. The number of halogens is 1. The zero-order chi connectivity index (χ0) is 13.0. The molecule has 0 saturated carbocycles. The van der Waals surface area contributed by atoms with Crippen LogP contribution >= 0.6 is 15.9 Å². The Morgan fingerprint density at radius 3 is 2.72 bits per heavy atom. The third-order valence-electron chi connectivity index (χ3n) is 2.42. The van der Waals surface area contributed by atoms with Crippen LogP contribution in [0.5, 0.6) is 0 Å². The number of rotatable bonds is 5. The van der Waals surface area contributed by atoms with E-state index in [9.17, 15) is 0 Å². The van der Waals surface area contributed by atoms with Crippen LogP contribution in [0.25, 0.3) is 0 Å². The van der Waals surface area contributed by atoms with Gasteiger partial charge in [-0.1, -0.05) is 21.1 Å². The number of benzene rings is 1. The minimum absolute atomic E-state index is 0.367. The Labute approximate surface area is 114 Å². The van der Waals surface area contributed by atoms with Gasteiger partial charge in [0.2, 0.25) is 5.89 Å². The van der Waals surface area contributed by atoms with Gasteiger partial charge < -0.3 is 14.2 Å². The molecule has 5 nitrogen and oxygen atoms in total. The summed E-state index contributed by atoms with van der Waals surface area (Å²) in [7, 11) is 3.58. The molecule has 0 amide bonds. The molecule has 2 aromatic rings. The molecule has 2 rings (SSSR count). The molecule has 0 atom stereocenters. The van der Waals surface area contributed by atoms with Crippen molar-refractivity contribution in [2.75, 3.05) is 19.1 Å². The molecule has 1 aromatic heterocycles. The van der Waals surface area contributed by atoms with Gasteiger partial charge in [0.05, 0.1) is 6.54 Å². The predicted octanol–water partition coefficient (Wildman–Crippen LogP) is 2.61. The summed E-state index contributed by atoms with van der Waals surface area (Å²) < 4.78 is 11.1. The van der Waals surface area contributed by atoms with Crippen molar-refractivity contribution < 1.29 is 9.26 Å². The zero-order valence-corrected chi connectivity index (χ0v) is 11.8. The van der Waals surface area contributed by atoms with E-state index in [-0.39, 0.29) is 0 Å². The molecule has 0 unspecified atom stereocenters. The molecule has 1 heterocycles. The summed E-state index contributed by atoms with van der Waals surface area (Å²) in [5, 5.41) is 3.82. The van der Waals surface area contributed by atoms with Gasteiger partial charge in [0.1, 0.15) is 6.61 Å². The van der Waals surface area contributed by atoms with Crippen LogP contribution in [-0.4, -0.2) is 24.3 Å². The van der Waals surface area contributed by atoms with Crippen LogP contribution in [0, 0.1) is 0 Å². The lowest BCUT2D eigenvalue weighted by Gasteiger charge is -2.16. The first-order valence-corrected chi connectivity index (χ1v) is 6.25. The molecular weight excluding hydrogens is 298 g/mol. The van der Waals surface area contributed by atoms with E-state index in [1.165, 1.54) is 0 Å². The zero-order valence-electron chi connectivity index (χ0n) is 10.3. The lowest BCUT2D eigenvalue weighted by Crippen LogP contribution is -2.16. The van der Waals surface area contributed by atoms with Crippen LogP contribution in [0.15, 0.2) is 33.3 Å². The molecule has 0 radical (unpaired) electrons. The van der Waals surface area contributed by atoms with Crippen molar-refractivity contribution in [2.45, 2.75) is 13.2 Å². The molecule has 0 saturated heterocycles. The van der Waals surface area contributed by atoms with Gasteiger partial charge >= 0.3 is 0 Å². The Morgan fingerprint density at radius 1 is 1.33 bits per heavy atom. The van der Waals surface area contributed by atoms with E-state index >= 15 is 0 Å². The summed E-state index contributed by atoms with van der Waals surface area (Å²) in [6.45, 7) is 0.934. The van der Waals surface area contributed by atoms with Crippen LogP contribution in [0.4, 0.5) is 5.69 Å². The van der Waals surface area contributed by atoms with Gasteiger partial charge in [-0.05, 0) is 24.3 Å². The van der Waals surface area contributed by atoms with Gasteiger partial charge in [0, 0.05) is 24.3 Å². The molecule has 6 heteroatoms. The molecule has 0 bridgehead atoms. The smallest absolute Gasteiger partial charge is 0.246 e. The largest absolute Gasteiger partial charge is 0.377 e. The third-order valence-corrected chi connectivity index (χ3v) is 2.95. The lowest BCUT2D eigenvalue weighted by atomic mass is 10.3. The second kappa shape index (κ2) is 5.97. The quantitative estimate of drug-likeness (QED) is 0.849. The van der Waals surface area contributed by atoms with E-state index in [0.717, 1.165) is 10.2 Å². The van der Waals surface area contributed by atoms with Crippen LogP contribution in [0.2, 0.25) is 0 Å². The average molecular weight is 312 g/mol. The average Bonchev–Trinajstić information content (AvgIpc) is 2.78. The number of nitrogens with zero attached hydrogens (tertiary/aromatic N) is 3. The van der Waals surface area contributed by atoms with Crippen molar-refractivity contribution in [2.24, 2.45) is 0 Å². The highest BCUT2D eigenvalue weighted by Gasteiger charge is 2.09. The lowest BCUT2D eigenvalue weighted by molar-refractivity contribution is 0.174. The number of methoxy groups -OCH3 is 1. The van der Waals surface area contributed by atoms with Crippen molar-refractivity contribution in [3.8, 4) is 0 Å². The topological polar surface area (TPSA) is 51.4 Å². The number of hydrogen-bond donors (Lipinski definition) is 0. The van der Waals surface area contributed by atoms with Gasteiger partial charge in [0.25, 0.3) is 0 Å². The summed E-state index contributed by atoms with van der Waals surface area (Å²) in [5.41, 5.74) is 1.09. The van der Waals surface area contributed by atoms with E-state index in [1.807, 2.05) is 36.2 Å².